The van der Waals surface area contributed by atoms with Crippen LogP contribution < -0.4 is 5.32 Å². The molecule has 11 atom stereocenters. The van der Waals surface area contributed by atoms with Crippen molar-refractivity contribution in [3.05, 3.63) is 229 Å². The third-order valence-electron chi connectivity index (χ3n) is 19.6. The van der Waals surface area contributed by atoms with Crippen molar-refractivity contribution in [3.63, 3.8) is 0 Å². The Morgan fingerprint density at radius 1 is 0.606 bits per heavy atom. The van der Waals surface area contributed by atoms with Gasteiger partial charge in [-0.1, -0.05) is 222 Å². The number of hydrogen-bond acceptors (Lipinski definition) is 15. The lowest BCUT2D eigenvalue weighted by molar-refractivity contribution is -0.346. The molecule has 3 unspecified atom stereocenters. The van der Waals surface area contributed by atoms with Crippen LogP contribution in [0, 0.1) is 22.7 Å². The van der Waals surface area contributed by atoms with E-state index in [1.54, 1.807) is 97.0 Å². The molecule has 1 saturated heterocycles. The van der Waals surface area contributed by atoms with Crippen LogP contribution in [0.4, 0.5) is 4.79 Å². The van der Waals surface area contributed by atoms with Crippen molar-refractivity contribution >= 4 is 41.7 Å². The number of aliphatic hydroxyl groups is 1. The van der Waals surface area contributed by atoms with E-state index in [4.69, 9.17) is 33.2 Å². The molecule has 16 nitrogen and oxygen atoms in total. The number of nitrogens with one attached hydrogen (secondary N) is 1. The molecule has 2 aromatic carbocycles. The first-order valence-corrected chi connectivity index (χ1v) is 37.3. The summed E-state index contributed by atoms with van der Waals surface area (Å²) in [7, 11) is 0. The van der Waals surface area contributed by atoms with Crippen LogP contribution in [0.1, 0.15) is 214 Å². The minimum absolute atomic E-state index is 0.0483. The predicted molar refractivity (Wildman–Crippen MR) is 409 cm³/mol. The summed E-state index contributed by atoms with van der Waals surface area (Å²) in [5, 5.41) is 17.4. The largest absolute Gasteiger partial charge is 0.461 e. The molecule has 562 valence electrons. The summed E-state index contributed by atoms with van der Waals surface area (Å²) in [5.74, 6) is -7.59. The molecule has 3 aliphatic carbocycles. The second kappa shape index (κ2) is 42.3. The molecule has 0 aromatic heterocycles. The monoisotopic (exact) mass is 1430 g/mol. The number of carbonyl (C=O) groups excluding carboxylic acids is 7. The van der Waals surface area contributed by atoms with Crippen LogP contribution in [0.15, 0.2) is 218 Å². The van der Waals surface area contributed by atoms with Gasteiger partial charge in [0.25, 0.3) is 0 Å². The molecule has 4 aliphatic rings. The van der Waals surface area contributed by atoms with E-state index >= 15 is 14.4 Å². The lowest BCUT2D eigenvalue weighted by Crippen LogP contribution is -2.82. The van der Waals surface area contributed by atoms with E-state index in [2.05, 4.69) is 129 Å². The highest BCUT2D eigenvalue weighted by Gasteiger charge is 2.79. The van der Waals surface area contributed by atoms with Gasteiger partial charge in [-0.05, 0) is 160 Å². The average Bonchev–Trinajstić information content (AvgIpc) is 0.668. The van der Waals surface area contributed by atoms with Crippen LogP contribution in [-0.2, 0) is 57.1 Å². The van der Waals surface area contributed by atoms with E-state index in [9.17, 15) is 24.3 Å². The molecule has 2 bridgehead atoms. The normalized spacial score (nSPS) is 24.9. The molecular formula is C88H115NO15. The van der Waals surface area contributed by atoms with Gasteiger partial charge in [0.2, 0.25) is 0 Å². The highest BCUT2D eigenvalue weighted by Crippen LogP contribution is 2.65. The number of amides is 1. The molecular weight excluding hydrogens is 1310 g/mol. The number of benzene rings is 2. The van der Waals surface area contributed by atoms with Crippen LogP contribution in [0.5, 0.6) is 0 Å². The van der Waals surface area contributed by atoms with Gasteiger partial charge in [-0.3, -0.25) is 24.0 Å². The van der Waals surface area contributed by atoms with E-state index < -0.39 is 124 Å². The van der Waals surface area contributed by atoms with Crippen molar-refractivity contribution in [1.29, 1.82) is 0 Å². The molecule has 0 spiro atoms. The predicted octanol–water partition coefficient (Wildman–Crippen LogP) is 18.6. The van der Waals surface area contributed by atoms with Gasteiger partial charge < -0.3 is 43.6 Å². The highest BCUT2D eigenvalue weighted by molar-refractivity contribution is 5.96. The molecule has 1 heterocycles. The summed E-state index contributed by atoms with van der Waals surface area (Å²) < 4.78 is 44.8. The fourth-order valence-corrected chi connectivity index (χ4v) is 14.1. The molecule has 6 rings (SSSR count). The number of rotatable bonds is 38. The van der Waals surface area contributed by atoms with E-state index in [0.717, 1.165) is 64.2 Å². The lowest BCUT2D eigenvalue weighted by atomic mass is 9.44. The molecule has 1 aliphatic heterocycles. The third-order valence-corrected chi connectivity index (χ3v) is 19.6. The van der Waals surface area contributed by atoms with Crippen LogP contribution in [0.3, 0.4) is 0 Å². The third kappa shape index (κ3) is 24.2. The standard InChI is InChI=1S/C88H115NO15/c1-12-14-16-18-20-22-24-26-28-30-32-34-36-38-40-42-44-46-54-60-73(91)100-71-62-72-87(64-98-72,103-67(5)90)78-80(102-82(95)69-58-52-49-53-59-69)88(97)63-70(99-81(94)66(4)76(68-56-50-48-51-57-68)89-83(96)104-84(6,7)8)65(3)75(85(88,9)10)77(79(93)86(71,78)11)101-74(92)61-55-47-45-43-41-39-37-35-33-31-29-27-25-23-21-19-17-15-13-2/h14-17,20-23,26-29,32-35,38-41,44-53,56-59,66,70-72,76-78,80,97H,12-13,18-19,24-25,30-31,36-37,42-43,54-55,60-64H2,1-11H3,(H,89,96)/b16-14-,17-15-,22-20-,23-21-,28-26-,29-27-,34-32-,35-33-,40-38-,41-39-,46-44-,47-45-/t66?,70?,71-,72+,76?,77+,78-,80-,86+,87-,88+/m0/s1. The Kier molecular flexibility index (Phi) is 34.2. The molecule has 2 saturated carbocycles. The molecule has 1 amide bonds. The summed E-state index contributed by atoms with van der Waals surface area (Å²) in [6.45, 7) is 18.3. The first-order valence-electron chi connectivity index (χ1n) is 37.3. The number of ketones is 1. The summed E-state index contributed by atoms with van der Waals surface area (Å²) in [4.78, 5) is 104. The van der Waals surface area contributed by atoms with Gasteiger partial charge in [0.1, 0.15) is 35.6 Å². The van der Waals surface area contributed by atoms with Gasteiger partial charge >= 0.3 is 35.9 Å². The second-order valence-corrected chi connectivity index (χ2v) is 28.8. The van der Waals surface area contributed by atoms with Crippen LogP contribution in [0.25, 0.3) is 0 Å². The Morgan fingerprint density at radius 2 is 1.04 bits per heavy atom. The number of fused-ring (bicyclic) bond motifs is 5. The summed E-state index contributed by atoms with van der Waals surface area (Å²) in [5.41, 5.74) is -8.13. The Balaban J connectivity index is 1.35. The van der Waals surface area contributed by atoms with E-state index in [-0.39, 0.29) is 55.4 Å². The quantitative estimate of drug-likeness (QED) is 0.0363. The maximum absolute atomic E-state index is 17.0. The van der Waals surface area contributed by atoms with Crippen LogP contribution in [0.2, 0.25) is 0 Å². The maximum Gasteiger partial charge on any atom is 0.408 e. The lowest BCUT2D eigenvalue weighted by Gasteiger charge is -2.67. The SMILES string of the molecule is CC/C=C\C/C=C\C/C=C\C/C=C\C/C=C\C/C=C\CCC(=O)O[C@H]1C(=O)[C@]2(C)[C@@H](OC(=O)CC/C=C\C/C=C\C/C=C\C/C=C\C/C=C\C/C=C\CC)C[C@H]3OC[C@@]3(OC(C)=O)[C@H]2[C@H](OC(=O)c2ccccc2)[C@]2(O)CC(OC(=O)C(C)C(NC(=O)OC(C)(C)C)c3ccccc3)C(C)=C1C2(C)C. The molecule has 2 aromatic rings. The maximum atomic E-state index is 17.0. The zero-order chi connectivity index (χ0) is 75.6. The second-order valence-electron chi connectivity index (χ2n) is 28.8. The summed E-state index contributed by atoms with van der Waals surface area (Å²) in [6, 6.07) is 15.8. The number of alkyl carbamates (subject to hydrolysis) is 1. The van der Waals surface area contributed by atoms with Crippen molar-refractivity contribution in [2.45, 2.75) is 245 Å². The van der Waals surface area contributed by atoms with E-state index in [1.807, 2.05) is 36.5 Å². The smallest absolute Gasteiger partial charge is 0.408 e. The number of esters is 5. The van der Waals surface area contributed by atoms with E-state index in [0.29, 0.717) is 18.4 Å². The minimum atomic E-state index is -2.44. The molecule has 3 fully saturated rings. The highest BCUT2D eigenvalue weighted by atomic mass is 16.6. The number of carbonyl (C=O) groups is 7. The van der Waals surface area contributed by atoms with Crippen molar-refractivity contribution < 1.29 is 71.8 Å². The number of Topliss-reactive ketones (excluding diaryl/α,β-unsaturated/α-hetero) is 1. The summed E-state index contributed by atoms with van der Waals surface area (Å²) in [6.07, 6.45) is 51.4. The average molecular weight is 1430 g/mol. The molecule has 0 radical (unpaired) electrons. The molecule has 2 N–H and O–H groups in total. The Morgan fingerprint density at radius 3 is 1.46 bits per heavy atom. The van der Waals surface area contributed by atoms with Crippen molar-refractivity contribution in [2.24, 2.45) is 22.7 Å². The zero-order valence-corrected chi connectivity index (χ0v) is 63.3. The number of ether oxygens (including phenoxy) is 7. The van der Waals surface area contributed by atoms with Crippen molar-refractivity contribution in [2.75, 3.05) is 6.61 Å². The van der Waals surface area contributed by atoms with Crippen molar-refractivity contribution in [3.8, 4) is 0 Å². The van der Waals surface area contributed by atoms with Gasteiger partial charge in [-0.25, -0.2) is 9.59 Å². The number of hydrogen-bond donors (Lipinski definition) is 2. The van der Waals surface area contributed by atoms with Crippen LogP contribution >= 0.6 is 0 Å². The van der Waals surface area contributed by atoms with E-state index in [1.165, 1.54) is 26.0 Å². The van der Waals surface area contributed by atoms with Gasteiger partial charge in [-0.2, -0.15) is 0 Å². The Hall–Kier alpha value is -8.73. The van der Waals surface area contributed by atoms with Gasteiger partial charge in [0, 0.05) is 38.0 Å². The topological polar surface area (TPSA) is 216 Å². The Labute approximate surface area is 619 Å². The fourth-order valence-electron chi connectivity index (χ4n) is 14.1. The van der Waals surface area contributed by atoms with Gasteiger partial charge in [0.15, 0.2) is 17.5 Å². The number of allylic oxidation sites excluding steroid dienone is 24. The van der Waals surface area contributed by atoms with Gasteiger partial charge in [0.05, 0.1) is 35.5 Å². The molecule has 104 heavy (non-hydrogen) atoms. The van der Waals surface area contributed by atoms with Crippen molar-refractivity contribution in [1.82, 2.24) is 5.32 Å². The first kappa shape index (κ1) is 84.2. The Bertz CT molecular complexity index is 3550. The van der Waals surface area contributed by atoms with Crippen LogP contribution in [-0.4, -0.2) is 101 Å². The zero-order valence-electron chi connectivity index (χ0n) is 63.3. The molecule has 16 heteroatoms. The summed E-state index contributed by atoms with van der Waals surface area (Å²) >= 11 is 0. The first-order chi connectivity index (χ1) is 49.9. The van der Waals surface area contributed by atoms with Gasteiger partial charge in [-0.15, -0.1) is 0 Å². The fraction of sp³-hybridized carbons (Fsp3) is 0.489. The minimum Gasteiger partial charge on any atom is -0.461 e.